The van der Waals surface area contributed by atoms with Crippen LogP contribution in [0.5, 0.6) is 0 Å². The highest BCUT2D eigenvalue weighted by molar-refractivity contribution is 6.33. The number of hydrogen-bond donors (Lipinski definition) is 2. The fourth-order valence-electron chi connectivity index (χ4n) is 2.07. The van der Waals surface area contributed by atoms with Crippen molar-refractivity contribution in [2.45, 2.75) is 18.9 Å². The van der Waals surface area contributed by atoms with E-state index in [1.165, 1.54) is 6.07 Å². The summed E-state index contributed by atoms with van der Waals surface area (Å²) in [5, 5.41) is 18.3. The maximum absolute atomic E-state index is 10.9. The van der Waals surface area contributed by atoms with Crippen LogP contribution in [0.4, 0.5) is 5.82 Å². The lowest BCUT2D eigenvalue weighted by molar-refractivity contribution is 0.0691. The number of halogens is 1. The van der Waals surface area contributed by atoms with Crippen LogP contribution in [0.25, 0.3) is 0 Å². The van der Waals surface area contributed by atoms with Gasteiger partial charge in [-0.1, -0.05) is 11.6 Å². The third-order valence-electron chi connectivity index (χ3n) is 2.92. The number of nitrogens with zero attached hydrogens (tertiary/aromatic N) is 2. The Bertz CT molecular complexity index is 439. The van der Waals surface area contributed by atoms with Crippen LogP contribution in [0.1, 0.15) is 23.3 Å². The molecule has 0 spiro atoms. The number of hydrogen-bond acceptors (Lipinski definition) is 4. The molecule has 1 fully saturated rings. The monoisotopic (exact) mass is 256 g/mol. The van der Waals surface area contributed by atoms with E-state index in [0.717, 1.165) is 19.4 Å². The van der Waals surface area contributed by atoms with E-state index in [0.29, 0.717) is 5.82 Å². The molecule has 1 aliphatic rings. The quantitative estimate of drug-likeness (QED) is 0.855. The van der Waals surface area contributed by atoms with Gasteiger partial charge in [0.2, 0.25) is 0 Å². The second-order valence-electron chi connectivity index (χ2n) is 3.98. The summed E-state index contributed by atoms with van der Waals surface area (Å²) in [6.45, 7) is 0.825. The van der Waals surface area contributed by atoms with E-state index in [1.807, 2.05) is 4.90 Å². The van der Waals surface area contributed by atoms with E-state index < -0.39 is 5.97 Å². The van der Waals surface area contributed by atoms with Gasteiger partial charge in [0.1, 0.15) is 5.82 Å². The molecule has 0 saturated carbocycles. The van der Waals surface area contributed by atoms with Crippen molar-refractivity contribution in [1.82, 2.24) is 4.98 Å². The summed E-state index contributed by atoms with van der Waals surface area (Å²) in [6, 6.07) is 3.23. The Morgan fingerprint density at radius 3 is 3.00 bits per heavy atom. The third-order valence-corrected chi connectivity index (χ3v) is 3.22. The van der Waals surface area contributed by atoms with E-state index in [1.54, 1.807) is 6.07 Å². The molecule has 1 unspecified atom stereocenters. The van der Waals surface area contributed by atoms with Crippen LogP contribution in [0.3, 0.4) is 0 Å². The zero-order chi connectivity index (χ0) is 12.4. The number of carboxylic acid groups (broad SMARTS) is 1. The average molecular weight is 257 g/mol. The van der Waals surface area contributed by atoms with Crippen molar-refractivity contribution < 1.29 is 15.0 Å². The number of pyridine rings is 1. The molecule has 1 aromatic heterocycles. The van der Waals surface area contributed by atoms with Crippen LogP contribution in [0.15, 0.2) is 12.1 Å². The number of aromatic nitrogens is 1. The van der Waals surface area contributed by atoms with E-state index in [2.05, 4.69) is 4.98 Å². The summed E-state index contributed by atoms with van der Waals surface area (Å²) in [7, 11) is 0. The number of aliphatic hydroxyl groups is 1. The molecule has 0 radical (unpaired) electrons. The molecule has 92 valence electrons. The Morgan fingerprint density at radius 2 is 2.35 bits per heavy atom. The first kappa shape index (κ1) is 12.1. The summed E-state index contributed by atoms with van der Waals surface area (Å²) >= 11 is 5.76. The zero-order valence-electron chi connectivity index (χ0n) is 9.14. The minimum Gasteiger partial charge on any atom is -0.476 e. The second kappa shape index (κ2) is 4.89. The first-order chi connectivity index (χ1) is 8.13. The van der Waals surface area contributed by atoms with Gasteiger partial charge in [-0.05, 0) is 25.0 Å². The fourth-order valence-corrected chi connectivity index (χ4v) is 2.25. The molecule has 1 atom stereocenters. The first-order valence-corrected chi connectivity index (χ1v) is 5.78. The highest BCUT2D eigenvalue weighted by Crippen LogP contribution is 2.26. The summed E-state index contributed by atoms with van der Waals surface area (Å²) in [5.74, 6) is -0.583. The summed E-state index contributed by atoms with van der Waals surface area (Å²) in [4.78, 5) is 16.9. The van der Waals surface area contributed by atoms with Crippen molar-refractivity contribution in [3.63, 3.8) is 0 Å². The van der Waals surface area contributed by atoms with Gasteiger partial charge in [-0.15, -0.1) is 0 Å². The molecule has 2 N–H and O–H groups in total. The Kier molecular flexibility index (Phi) is 3.49. The van der Waals surface area contributed by atoms with Gasteiger partial charge in [0.05, 0.1) is 17.7 Å². The maximum Gasteiger partial charge on any atom is 0.356 e. The van der Waals surface area contributed by atoms with Crippen molar-refractivity contribution in [1.29, 1.82) is 0 Å². The first-order valence-electron chi connectivity index (χ1n) is 5.41. The highest BCUT2D eigenvalue weighted by Gasteiger charge is 2.26. The van der Waals surface area contributed by atoms with E-state index in [4.69, 9.17) is 16.7 Å². The molecule has 6 heteroatoms. The molecule has 5 nitrogen and oxygen atoms in total. The number of anilines is 1. The predicted octanol–water partition coefficient (Wildman–Crippen LogP) is 1.39. The second-order valence-corrected chi connectivity index (χ2v) is 4.38. The Morgan fingerprint density at radius 1 is 1.59 bits per heavy atom. The third kappa shape index (κ3) is 2.35. The van der Waals surface area contributed by atoms with Gasteiger partial charge in [-0.2, -0.15) is 0 Å². The van der Waals surface area contributed by atoms with Gasteiger partial charge in [-0.25, -0.2) is 9.78 Å². The molecule has 1 saturated heterocycles. The fraction of sp³-hybridized carbons (Fsp3) is 0.455. The molecule has 17 heavy (non-hydrogen) atoms. The molecule has 0 aromatic carbocycles. The Labute approximate surface area is 104 Å². The number of aliphatic hydroxyl groups excluding tert-OH is 1. The van der Waals surface area contributed by atoms with Gasteiger partial charge in [0.25, 0.3) is 0 Å². The van der Waals surface area contributed by atoms with Crippen LogP contribution in [-0.4, -0.2) is 40.4 Å². The van der Waals surface area contributed by atoms with E-state index >= 15 is 0 Å². The smallest absolute Gasteiger partial charge is 0.356 e. The zero-order valence-corrected chi connectivity index (χ0v) is 9.89. The van der Waals surface area contributed by atoms with Crippen molar-refractivity contribution >= 4 is 23.4 Å². The molecular formula is C11H13ClN2O3. The normalized spacial score (nSPS) is 19.6. The van der Waals surface area contributed by atoms with Crippen molar-refractivity contribution in [2.24, 2.45) is 0 Å². The molecule has 2 rings (SSSR count). The molecule has 0 aliphatic carbocycles. The number of aromatic carboxylic acids is 1. The molecular weight excluding hydrogens is 244 g/mol. The number of carbonyl (C=O) groups is 1. The molecule has 1 aromatic rings. The van der Waals surface area contributed by atoms with E-state index in [-0.39, 0.29) is 23.4 Å². The lowest BCUT2D eigenvalue weighted by atomic mass is 10.2. The topological polar surface area (TPSA) is 73.7 Å². The average Bonchev–Trinajstić information content (AvgIpc) is 2.77. The van der Waals surface area contributed by atoms with Crippen LogP contribution in [0.2, 0.25) is 5.02 Å². The largest absolute Gasteiger partial charge is 0.476 e. The van der Waals surface area contributed by atoms with Gasteiger partial charge in [-0.3, -0.25) is 0 Å². The summed E-state index contributed by atoms with van der Waals surface area (Å²) in [5.41, 5.74) is -0.146. The molecule has 0 amide bonds. The van der Waals surface area contributed by atoms with Crippen LogP contribution in [0, 0.1) is 0 Å². The lowest BCUT2D eigenvalue weighted by Gasteiger charge is -2.24. The van der Waals surface area contributed by atoms with Crippen molar-refractivity contribution in [3.8, 4) is 0 Å². The van der Waals surface area contributed by atoms with Crippen molar-refractivity contribution in [3.05, 3.63) is 22.8 Å². The van der Waals surface area contributed by atoms with Crippen LogP contribution in [-0.2, 0) is 0 Å². The van der Waals surface area contributed by atoms with Crippen LogP contribution >= 0.6 is 11.6 Å². The minimum absolute atomic E-state index is 0.0188. The highest BCUT2D eigenvalue weighted by atomic mass is 35.5. The molecule has 1 aliphatic heterocycles. The SMILES string of the molecule is O=C(O)c1nc(N2CCCC2CO)ccc1Cl. The number of carboxylic acids is 1. The molecule has 0 bridgehead atoms. The van der Waals surface area contributed by atoms with Crippen molar-refractivity contribution in [2.75, 3.05) is 18.1 Å². The Hall–Kier alpha value is -1.33. The maximum atomic E-state index is 10.9. The summed E-state index contributed by atoms with van der Waals surface area (Å²) in [6.07, 6.45) is 1.86. The predicted molar refractivity (Wildman–Crippen MR) is 63.7 cm³/mol. The number of rotatable bonds is 3. The minimum atomic E-state index is -1.14. The van der Waals surface area contributed by atoms with Gasteiger partial charge >= 0.3 is 5.97 Å². The van der Waals surface area contributed by atoms with Gasteiger partial charge in [0.15, 0.2) is 5.69 Å². The summed E-state index contributed by atoms with van der Waals surface area (Å²) < 4.78 is 0. The Balaban J connectivity index is 2.33. The molecule has 2 heterocycles. The lowest BCUT2D eigenvalue weighted by Crippen LogP contribution is -2.33. The van der Waals surface area contributed by atoms with E-state index in [9.17, 15) is 9.90 Å². The van der Waals surface area contributed by atoms with Crippen LogP contribution < -0.4 is 4.90 Å². The van der Waals surface area contributed by atoms with Gasteiger partial charge < -0.3 is 15.1 Å². The standard InChI is InChI=1S/C11H13ClN2O3/c12-8-3-4-9(13-10(8)11(16)17)14-5-1-2-7(14)6-15/h3-4,7,15H,1-2,5-6H2,(H,16,17). The van der Waals surface area contributed by atoms with Gasteiger partial charge in [0, 0.05) is 6.54 Å².